The third kappa shape index (κ3) is 6.07. The van der Waals surface area contributed by atoms with Crippen LogP contribution in [0.1, 0.15) is 5.56 Å². The molecule has 0 unspecified atom stereocenters. The highest BCUT2D eigenvalue weighted by Gasteiger charge is 2.21. The van der Waals surface area contributed by atoms with Crippen LogP contribution in [-0.4, -0.2) is 76.0 Å². The summed E-state index contributed by atoms with van der Waals surface area (Å²) in [4.78, 5) is 8.57. The Labute approximate surface area is 153 Å². The third-order valence-electron chi connectivity index (χ3n) is 4.05. The molecule has 0 atom stereocenters. The minimum Gasteiger partial charge on any atom is -0.355 e. The van der Waals surface area contributed by atoms with Crippen molar-refractivity contribution >= 4 is 31.7 Å². The second-order valence-electron chi connectivity index (χ2n) is 5.95. The Morgan fingerprint density at radius 2 is 1.92 bits per heavy atom. The van der Waals surface area contributed by atoms with Gasteiger partial charge in [-0.2, -0.15) is 0 Å². The van der Waals surface area contributed by atoms with Crippen molar-refractivity contribution in [2.24, 2.45) is 4.99 Å². The van der Waals surface area contributed by atoms with E-state index >= 15 is 0 Å². The number of benzene rings is 1. The maximum absolute atomic E-state index is 11.4. The van der Waals surface area contributed by atoms with Gasteiger partial charge >= 0.3 is 0 Å². The molecule has 0 spiro atoms. The lowest BCUT2D eigenvalue weighted by Crippen LogP contribution is -2.46. The third-order valence-corrected chi connectivity index (χ3v) is 6.19. The number of aliphatic imine (C=N–C) groups is 1. The molecule has 0 bridgehead atoms. The molecule has 1 heterocycles. The van der Waals surface area contributed by atoms with Crippen LogP contribution in [0.15, 0.2) is 33.7 Å². The zero-order chi connectivity index (χ0) is 17.6. The van der Waals surface area contributed by atoms with Crippen LogP contribution in [0.25, 0.3) is 0 Å². The highest BCUT2D eigenvalue weighted by atomic mass is 79.9. The second-order valence-corrected chi connectivity index (χ2v) is 9.17. The lowest BCUT2D eigenvalue weighted by Gasteiger charge is -2.28. The van der Waals surface area contributed by atoms with Crippen molar-refractivity contribution in [2.75, 3.05) is 51.8 Å². The molecule has 134 valence electrons. The first-order valence-corrected chi connectivity index (χ1v) is 10.6. The summed E-state index contributed by atoms with van der Waals surface area (Å²) in [5.41, 5.74) is 1.21. The molecule has 1 aromatic carbocycles. The smallest absolute Gasteiger partial charge is 0.193 e. The van der Waals surface area contributed by atoms with E-state index in [1.807, 2.05) is 19.2 Å². The number of halogens is 1. The zero-order valence-electron chi connectivity index (χ0n) is 14.2. The summed E-state index contributed by atoms with van der Waals surface area (Å²) < 4.78 is 23.9. The molecule has 0 radical (unpaired) electrons. The Kier molecular flexibility index (Phi) is 7.06. The largest absolute Gasteiger partial charge is 0.355 e. The van der Waals surface area contributed by atoms with Crippen LogP contribution >= 0.6 is 15.9 Å². The molecule has 24 heavy (non-hydrogen) atoms. The molecule has 8 heteroatoms. The van der Waals surface area contributed by atoms with Crippen LogP contribution in [-0.2, 0) is 16.4 Å². The molecule has 0 aliphatic carbocycles. The van der Waals surface area contributed by atoms with Gasteiger partial charge in [-0.1, -0.05) is 28.1 Å². The van der Waals surface area contributed by atoms with Gasteiger partial charge in [-0.3, -0.25) is 9.89 Å². The Morgan fingerprint density at radius 3 is 2.50 bits per heavy atom. The summed E-state index contributed by atoms with van der Waals surface area (Å²) in [5, 5.41) is 3.34. The molecule has 0 amide bonds. The summed E-state index contributed by atoms with van der Waals surface area (Å²) in [6.07, 6.45) is 0. The first-order chi connectivity index (χ1) is 11.4. The van der Waals surface area contributed by atoms with E-state index < -0.39 is 9.84 Å². The highest BCUT2D eigenvalue weighted by molar-refractivity contribution is 9.10. The summed E-state index contributed by atoms with van der Waals surface area (Å²) in [6.45, 7) is 3.58. The number of rotatable bonds is 5. The van der Waals surface area contributed by atoms with E-state index in [9.17, 15) is 8.42 Å². The Morgan fingerprint density at radius 1 is 1.29 bits per heavy atom. The summed E-state index contributed by atoms with van der Waals surface area (Å²) in [6, 6.07) is 8.23. The number of nitrogens with one attached hydrogen (secondary N) is 1. The van der Waals surface area contributed by atoms with E-state index in [0.717, 1.165) is 30.1 Å². The molecule has 1 aliphatic heterocycles. The Hall–Kier alpha value is -1.12. The van der Waals surface area contributed by atoms with E-state index in [1.54, 1.807) is 7.05 Å². The first-order valence-electron chi connectivity index (χ1n) is 7.98. The Bertz CT molecular complexity index is 647. The van der Waals surface area contributed by atoms with Crippen LogP contribution in [0.3, 0.4) is 0 Å². The van der Waals surface area contributed by atoms with E-state index in [-0.39, 0.29) is 11.5 Å². The van der Waals surface area contributed by atoms with Gasteiger partial charge < -0.3 is 10.2 Å². The second kappa shape index (κ2) is 8.82. The maximum Gasteiger partial charge on any atom is 0.193 e. The summed E-state index contributed by atoms with van der Waals surface area (Å²) in [7, 11) is 0.966. The van der Waals surface area contributed by atoms with Crippen molar-refractivity contribution in [3.8, 4) is 0 Å². The van der Waals surface area contributed by atoms with Crippen molar-refractivity contribution < 1.29 is 8.42 Å². The average Bonchev–Trinajstić information content (AvgIpc) is 2.55. The first kappa shape index (κ1) is 19.2. The van der Waals surface area contributed by atoms with E-state index in [0.29, 0.717) is 13.1 Å². The number of hydrogen-bond acceptors (Lipinski definition) is 4. The highest BCUT2D eigenvalue weighted by Crippen LogP contribution is 2.11. The van der Waals surface area contributed by atoms with E-state index in [4.69, 9.17) is 0 Å². The number of sulfone groups is 1. The predicted octanol–water partition coefficient (Wildman–Crippen LogP) is 1.19. The van der Waals surface area contributed by atoms with Crippen molar-refractivity contribution in [1.82, 2.24) is 15.1 Å². The van der Waals surface area contributed by atoms with Crippen LogP contribution in [0.4, 0.5) is 0 Å². The van der Waals surface area contributed by atoms with Gasteiger partial charge in [-0.15, -0.1) is 0 Å². The zero-order valence-corrected chi connectivity index (χ0v) is 16.6. The summed E-state index contributed by atoms with van der Waals surface area (Å²) in [5.74, 6) is 1.37. The molecule has 2 rings (SSSR count). The lowest BCUT2D eigenvalue weighted by atomic mass is 10.2. The molecular weight excluding hydrogens is 392 g/mol. The molecule has 1 N–H and O–H groups in total. The van der Waals surface area contributed by atoms with Crippen LogP contribution < -0.4 is 5.32 Å². The molecule has 0 saturated carbocycles. The van der Waals surface area contributed by atoms with Gasteiger partial charge in [0.05, 0.1) is 11.5 Å². The standard InChI is InChI=1S/C16H25BrN4O2S/c1-18-16(20(2)13-14-3-5-15(17)6-4-14)19-7-8-21-9-11-24(22,23)12-10-21/h3-6H,7-13H2,1-2H3,(H,18,19). The van der Waals surface area contributed by atoms with Crippen molar-refractivity contribution in [2.45, 2.75) is 6.54 Å². The monoisotopic (exact) mass is 416 g/mol. The van der Waals surface area contributed by atoms with Gasteiger partial charge in [0.2, 0.25) is 0 Å². The van der Waals surface area contributed by atoms with Crippen LogP contribution in [0.2, 0.25) is 0 Å². The number of guanidine groups is 1. The van der Waals surface area contributed by atoms with Gasteiger partial charge in [0, 0.05) is 51.3 Å². The van der Waals surface area contributed by atoms with Gasteiger partial charge in [0.1, 0.15) is 0 Å². The maximum atomic E-state index is 11.4. The average molecular weight is 417 g/mol. The fourth-order valence-corrected chi connectivity index (χ4v) is 4.16. The molecule has 6 nitrogen and oxygen atoms in total. The van der Waals surface area contributed by atoms with Crippen LogP contribution in [0, 0.1) is 0 Å². The SMILES string of the molecule is CN=C(NCCN1CCS(=O)(=O)CC1)N(C)Cc1ccc(Br)cc1. The number of hydrogen-bond donors (Lipinski definition) is 1. The molecular formula is C16H25BrN4O2S. The van der Waals surface area contributed by atoms with Crippen LogP contribution in [0.5, 0.6) is 0 Å². The minimum atomic E-state index is -2.81. The fraction of sp³-hybridized carbons (Fsp3) is 0.562. The molecule has 1 saturated heterocycles. The predicted molar refractivity (Wildman–Crippen MR) is 102 cm³/mol. The van der Waals surface area contributed by atoms with Gasteiger partial charge in [0.15, 0.2) is 15.8 Å². The van der Waals surface area contributed by atoms with Gasteiger partial charge in [-0.05, 0) is 17.7 Å². The Balaban J connectivity index is 1.76. The van der Waals surface area contributed by atoms with Gasteiger partial charge in [-0.25, -0.2) is 8.42 Å². The van der Waals surface area contributed by atoms with E-state index in [2.05, 4.69) is 48.2 Å². The molecule has 1 fully saturated rings. The molecule has 1 aromatic rings. The molecule has 0 aromatic heterocycles. The number of nitrogens with zero attached hydrogens (tertiary/aromatic N) is 3. The normalized spacial score (nSPS) is 18.4. The van der Waals surface area contributed by atoms with Crippen molar-refractivity contribution in [1.29, 1.82) is 0 Å². The topological polar surface area (TPSA) is 65.0 Å². The van der Waals surface area contributed by atoms with Crippen molar-refractivity contribution in [3.05, 3.63) is 34.3 Å². The molecule has 1 aliphatic rings. The van der Waals surface area contributed by atoms with Gasteiger partial charge in [0.25, 0.3) is 0 Å². The lowest BCUT2D eigenvalue weighted by molar-refractivity contribution is 0.298. The minimum absolute atomic E-state index is 0.269. The summed E-state index contributed by atoms with van der Waals surface area (Å²) >= 11 is 3.44. The van der Waals surface area contributed by atoms with E-state index in [1.165, 1.54) is 5.56 Å². The quantitative estimate of drug-likeness (QED) is 0.576. The van der Waals surface area contributed by atoms with Crippen molar-refractivity contribution in [3.63, 3.8) is 0 Å². The fourth-order valence-electron chi connectivity index (χ4n) is 2.62.